The van der Waals surface area contributed by atoms with E-state index >= 15 is 0 Å². The molecular formula is C23H12BrF2NO3. The average molecular weight is 468 g/mol. The van der Waals surface area contributed by atoms with Crippen LogP contribution in [0, 0.1) is 11.6 Å². The van der Waals surface area contributed by atoms with Crippen molar-refractivity contribution in [1.82, 2.24) is 0 Å². The molecule has 0 N–H and O–H groups in total. The van der Waals surface area contributed by atoms with E-state index in [0.29, 0.717) is 11.3 Å². The zero-order chi connectivity index (χ0) is 21.0. The normalized spacial score (nSPS) is 15.6. The van der Waals surface area contributed by atoms with Gasteiger partial charge in [-0.2, -0.15) is 0 Å². The number of carbonyl (C=O) groups excluding carboxylic acids is 1. The zero-order valence-electron chi connectivity index (χ0n) is 15.2. The lowest BCUT2D eigenvalue weighted by Crippen LogP contribution is -2.29. The van der Waals surface area contributed by atoms with Gasteiger partial charge in [-0.25, -0.2) is 8.78 Å². The minimum atomic E-state index is -0.806. The molecule has 1 aliphatic rings. The van der Waals surface area contributed by atoms with Gasteiger partial charge in [-0.1, -0.05) is 28.1 Å². The molecule has 0 spiro atoms. The monoisotopic (exact) mass is 467 g/mol. The summed E-state index contributed by atoms with van der Waals surface area (Å²) in [6.07, 6.45) is 0. The summed E-state index contributed by atoms with van der Waals surface area (Å²) in [5, 5.41) is 0.0579. The summed E-state index contributed by atoms with van der Waals surface area (Å²) in [6.45, 7) is 0. The molecule has 1 amide bonds. The molecule has 30 heavy (non-hydrogen) atoms. The smallest absolute Gasteiger partial charge is 0.295 e. The van der Waals surface area contributed by atoms with Gasteiger partial charge in [0.2, 0.25) is 5.76 Å². The Morgan fingerprint density at radius 2 is 1.63 bits per heavy atom. The first-order chi connectivity index (χ1) is 14.4. The van der Waals surface area contributed by atoms with E-state index in [0.717, 1.165) is 10.5 Å². The van der Waals surface area contributed by atoms with E-state index in [1.165, 1.54) is 41.3 Å². The van der Waals surface area contributed by atoms with Crippen LogP contribution in [0.2, 0.25) is 0 Å². The maximum absolute atomic E-state index is 13.8. The lowest BCUT2D eigenvalue weighted by atomic mass is 9.98. The van der Waals surface area contributed by atoms with Gasteiger partial charge in [-0.15, -0.1) is 0 Å². The number of benzene rings is 3. The maximum Gasteiger partial charge on any atom is 0.295 e. The molecule has 4 nitrogen and oxygen atoms in total. The molecule has 7 heteroatoms. The second-order valence-corrected chi connectivity index (χ2v) is 7.84. The van der Waals surface area contributed by atoms with Crippen LogP contribution in [0.3, 0.4) is 0 Å². The molecule has 148 valence electrons. The van der Waals surface area contributed by atoms with E-state index in [1.54, 1.807) is 18.2 Å². The van der Waals surface area contributed by atoms with E-state index in [9.17, 15) is 18.4 Å². The number of rotatable bonds is 2. The molecule has 0 fully saturated rings. The van der Waals surface area contributed by atoms with Gasteiger partial charge in [0.25, 0.3) is 5.91 Å². The molecule has 0 radical (unpaired) electrons. The van der Waals surface area contributed by atoms with Crippen LogP contribution in [0.5, 0.6) is 0 Å². The van der Waals surface area contributed by atoms with Crippen molar-refractivity contribution in [1.29, 1.82) is 0 Å². The predicted molar refractivity (Wildman–Crippen MR) is 112 cm³/mol. The highest BCUT2D eigenvalue weighted by Gasteiger charge is 2.43. The van der Waals surface area contributed by atoms with Gasteiger partial charge in [0.1, 0.15) is 17.2 Å². The zero-order valence-corrected chi connectivity index (χ0v) is 16.8. The Balaban J connectivity index is 1.83. The lowest BCUT2D eigenvalue weighted by Gasteiger charge is -2.25. The van der Waals surface area contributed by atoms with Gasteiger partial charge >= 0.3 is 0 Å². The molecule has 0 bridgehead atoms. The molecule has 3 aromatic carbocycles. The van der Waals surface area contributed by atoms with E-state index < -0.39 is 29.0 Å². The van der Waals surface area contributed by atoms with Crippen molar-refractivity contribution >= 4 is 38.5 Å². The molecule has 1 atom stereocenters. The predicted octanol–water partition coefficient (Wildman–Crippen LogP) is 5.58. The average Bonchev–Trinajstić information content (AvgIpc) is 3.02. The van der Waals surface area contributed by atoms with Crippen molar-refractivity contribution in [2.75, 3.05) is 4.90 Å². The van der Waals surface area contributed by atoms with Crippen molar-refractivity contribution in [3.63, 3.8) is 0 Å². The molecule has 4 aromatic rings. The molecule has 1 aliphatic heterocycles. The van der Waals surface area contributed by atoms with E-state index in [4.69, 9.17) is 4.42 Å². The van der Waals surface area contributed by atoms with Crippen LogP contribution in [0.25, 0.3) is 11.0 Å². The number of hydrogen-bond donors (Lipinski definition) is 0. The van der Waals surface area contributed by atoms with Crippen molar-refractivity contribution in [2.45, 2.75) is 6.04 Å². The van der Waals surface area contributed by atoms with Crippen molar-refractivity contribution in [3.05, 3.63) is 110 Å². The third-order valence-corrected chi connectivity index (χ3v) is 5.59. The lowest BCUT2D eigenvalue weighted by molar-refractivity contribution is 0.0971. The summed E-state index contributed by atoms with van der Waals surface area (Å²) in [4.78, 5) is 28.1. The first-order valence-corrected chi connectivity index (χ1v) is 9.84. The topological polar surface area (TPSA) is 50.5 Å². The van der Waals surface area contributed by atoms with Crippen LogP contribution in [0.4, 0.5) is 14.5 Å². The van der Waals surface area contributed by atoms with E-state index in [1.807, 2.05) is 6.07 Å². The first-order valence-electron chi connectivity index (χ1n) is 9.05. The molecule has 1 aromatic heterocycles. The van der Waals surface area contributed by atoms with Crippen molar-refractivity contribution in [2.24, 2.45) is 0 Å². The number of halogens is 3. The molecular weight excluding hydrogens is 456 g/mol. The Hall–Kier alpha value is -3.32. The quantitative estimate of drug-likeness (QED) is 0.386. The minimum absolute atomic E-state index is 0.0579. The Morgan fingerprint density at radius 3 is 2.37 bits per heavy atom. The van der Waals surface area contributed by atoms with Crippen LogP contribution in [-0.4, -0.2) is 5.91 Å². The summed E-state index contributed by atoms with van der Waals surface area (Å²) >= 11 is 3.41. The van der Waals surface area contributed by atoms with Gasteiger partial charge in [0.15, 0.2) is 5.43 Å². The number of fused-ring (bicyclic) bond motifs is 2. The minimum Gasteiger partial charge on any atom is -0.450 e. The van der Waals surface area contributed by atoms with Crippen molar-refractivity contribution in [3.8, 4) is 0 Å². The molecule has 2 heterocycles. The number of carbonyl (C=O) groups is 1. The third-order valence-electron chi connectivity index (χ3n) is 5.10. The van der Waals surface area contributed by atoms with Gasteiger partial charge in [-0.05, 0) is 60.2 Å². The summed E-state index contributed by atoms with van der Waals surface area (Å²) in [5.74, 6) is -1.65. The van der Waals surface area contributed by atoms with Gasteiger partial charge < -0.3 is 4.42 Å². The Bertz CT molecular complexity index is 1380. The van der Waals surface area contributed by atoms with E-state index in [2.05, 4.69) is 15.9 Å². The largest absolute Gasteiger partial charge is 0.450 e. The van der Waals surface area contributed by atoms with Crippen LogP contribution in [0.1, 0.15) is 27.7 Å². The van der Waals surface area contributed by atoms with Crippen molar-refractivity contribution < 1.29 is 18.0 Å². The molecule has 0 saturated carbocycles. The standard InChI is InChI=1S/C23H12BrF2NO3/c24-13-3-1-2-12(10-13)20-19-21(28)17-11-15(26)6-9-18(17)30-22(19)23(29)27(20)16-7-4-14(25)5-8-16/h1-11,20H. The van der Waals surface area contributed by atoms with E-state index in [-0.39, 0.29) is 22.3 Å². The summed E-state index contributed by atoms with van der Waals surface area (Å²) < 4.78 is 33.8. The molecule has 5 rings (SSSR count). The second-order valence-electron chi connectivity index (χ2n) is 6.92. The first kappa shape index (κ1) is 18.7. The number of anilines is 1. The number of amides is 1. The number of hydrogen-bond acceptors (Lipinski definition) is 3. The Morgan fingerprint density at radius 1 is 0.900 bits per heavy atom. The highest BCUT2D eigenvalue weighted by molar-refractivity contribution is 9.10. The maximum atomic E-state index is 13.8. The fraction of sp³-hybridized carbons (Fsp3) is 0.0435. The van der Waals surface area contributed by atoms with Crippen LogP contribution >= 0.6 is 15.9 Å². The molecule has 0 aliphatic carbocycles. The SMILES string of the molecule is O=C1c2oc3ccc(F)cc3c(=O)c2C(c2cccc(Br)c2)N1c1ccc(F)cc1. The fourth-order valence-electron chi connectivity index (χ4n) is 3.81. The van der Waals surface area contributed by atoms with Gasteiger partial charge in [0.05, 0.1) is 17.0 Å². The van der Waals surface area contributed by atoms with Crippen LogP contribution in [0.15, 0.2) is 80.4 Å². The van der Waals surface area contributed by atoms with Crippen LogP contribution < -0.4 is 10.3 Å². The molecule has 1 unspecified atom stereocenters. The number of nitrogens with zero attached hydrogens (tertiary/aromatic N) is 1. The fourth-order valence-corrected chi connectivity index (χ4v) is 4.22. The Labute approximate surface area is 177 Å². The van der Waals surface area contributed by atoms with Gasteiger partial charge in [-0.3, -0.25) is 14.5 Å². The highest BCUT2D eigenvalue weighted by atomic mass is 79.9. The third kappa shape index (κ3) is 2.85. The van der Waals surface area contributed by atoms with Gasteiger partial charge in [0, 0.05) is 10.2 Å². The Kier molecular flexibility index (Phi) is 4.29. The van der Waals surface area contributed by atoms with Crippen LogP contribution in [-0.2, 0) is 0 Å². The summed E-state index contributed by atoms with van der Waals surface area (Å²) in [7, 11) is 0. The highest BCUT2D eigenvalue weighted by Crippen LogP contribution is 2.41. The summed E-state index contributed by atoms with van der Waals surface area (Å²) in [5.41, 5.74) is 0.841. The molecule has 0 saturated heterocycles. The summed E-state index contributed by atoms with van der Waals surface area (Å²) in [6, 6.07) is 15.4. The second kappa shape index (κ2) is 6.88.